The first-order valence-corrected chi connectivity index (χ1v) is 7.08. The highest BCUT2D eigenvalue weighted by Gasteiger charge is 2.26. The van der Waals surface area contributed by atoms with Gasteiger partial charge in [-0.3, -0.25) is 0 Å². The summed E-state index contributed by atoms with van der Waals surface area (Å²) < 4.78 is 5.28. The van der Waals surface area contributed by atoms with Crippen LogP contribution in [0.25, 0.3) is 0 Å². The zero-order valence-corrected chi connectivity index (χ0v) is 13.9. The molecular formula is C15H23N3O2S. The summed E-state index contributed by atoms with van der Waals surface area (Å²) in [5.41, 5.74) is 6.03. The number of benzene rings is 1. The molecule has 6 heteroatoms. The lowest BCUT2D eigenvalue weighted by Gasteiger charge is -2.29. The third-order valence-corrected chi connectivity index (χ3v) is 2.77. The number of amides is 1. The maximum absolute atomic E-state index is 11.9. The lowest BCUT2D eigenvalue weighted by Crippen LogP contribution is -2.43. The van der Waals surface area contributed by atoms with Crippen LogP contribution in [0.2, 0.25) is 0 Å². The Morgan fingerprint density at radius 2 is 1.86 bits per heavy atom. The van der Waals surface area contributed by atoms with Gasteiger partial charge in [0.15, 0.2) is 5.11 Å². The van der Waals surface area contributed by atoms with E-state index in [1.807, 2.05) is 58.9 Å². The average molecular weight is 309 g/mol. The van der Waals surface area contributed by atoms with Gasteiger partial charge in [0.2, 0.25) is 0 Å². The van der Waals surface area contributed by atoms with E-state index in [2.05, 4.69) is 10.6 Å². The maximum atomic E-state index is 11.9. The number of thiocarbonyl (C=S) groups is 1. The quantitative estimate of drug-likeness (QED) is 0.748. The van der Waals surface area contributed by atoms with Crippen molar-refractivity contribution in [3.05, 3.63) is 29.8 Å². The van der Waals surface area contributed by atoms with Crippen molar-refractivity contribution in [2.45, 2.75) is 45.8 Å². The molecule has 0 aromatic heterocycles. The molecule has 0 atom stereocenters. The van der Waals surface area contributed by atoms with Crippen LogP contribution >= 0.6 is 12.2 Å². The topological polar surface area (TPSA) is 76.4 Å². The normalized spacial score (nSPS) is 11.7. The first-order chi connectivity index (χ1) is 9.49. The van der Waals surface area contributed by atoms with Crippen LogP contribution in [0.4, 0.5) is 10.5 Å². The molecule has 0 fully saturated rings. The van der Waals surface area contributed by atoms with Gasteiger partial charge < -0.3 is 21.1 Å². The molecule has 0 saturated heterocycles. The summed E-state index contributed by atoms with van der Waals surface area (Å²) in [6.45, 7) is 9.28. The van der Waals surface area contributed by atoms with Crippen molar-refractivity contribution in [3.8, 4) is 0 Å². The van der Waals surface area contributed by atoms with E-state index in [1.54, 1.807) is 0 Å². The number of anilines is 1. The number of carbonyl (C=O) groups excluding carboxylic acids is 1. The molecule has 4 N–H and O–H groups in total. The molecule has 0 saturated carbocycles. The molecule has 0 radical (unpaired) electrons. The van der Waals surface area contributed by atoms with Gasteiger partial charge in [0.1, 0.15) is 5.60 Å². The van der Waals surface area contributed by atoms with E-state index in [-0.39, 0.29) is 5.11 Å². The van der Waals surface area contributed by atoms with Crippen LogP contribution in [-0.2, 0) is 10.3 Å². The molecule has 1 amide bonds. The van der Waals surface area contributed by atoms with Crippen LogP contribution in [0.3, 0.4) is 0 Å². The van der Waals surface area contributed by atoms with E-state index in [0.29, 0.717) is 0 Å². The van der Waals surface area contributed by atoms with Crippen LogP contribution in [0.1, 0.15) is 40.2 Å². The molecule has 1 aromatic rings. The minimum atomic E-state index is -0.587. The van der Waals surface area contributed by atoms with E-state index < -0.39 is 17.2 Å². The minimum Gasteiger partial charge on any atom is -0.444 e. The Morgan fingerprint density at radius 3 is 2.38 bits per heavy atom. The second kappa shape index (κ2) is 6.30. The van der Waals surface area contributed by atoms with Gasteiger partial charge in [0.25, 0.3) is 0 Å². The predicted octanol–water partition coefficient (Wildman–Crippen LogP) is 3.10. The molecule has 0 bridgehead atoms. The van der Waals surface area contributed by atoms with Crippen molar-refractivity contribution in [2.24, 2.45) is 5.73 Å². The molecule has 0 spiro atoms. The highest BCUT2D eigenvalue weighted by Crippen LogP contribution is 2.23. The fraction of sp³-hybridized carbons (Fsp3) is 0.467. The number of nitrogens with one attached hydrogen (secondary N) is 2. The van der Waals surface area contributed by atoms with Crippen molar-refractivity contribution in [1.29, 1.82) is 0 Å². The average Bonchev–Trinajstić information content (AvgIpc) is 2.24. The Balaban J connectivity index is 2.87. The van der Waals surface area contributed by atoms with E-state index in [1.165, 1.54) is 0 Å². The Morgan fingerprint density at radius 1 is 1.24 bits per heavy atom. The number of carbonyl (C=O) groups is 1. The number of alkyl carbamates (subject to hydrolysis) is 1. The van der Waals surface area contributed by atoms with Gasteiger partial charge in [-0.2, -0.15) is 0 Å². The minimum absolute atomic E-state index is 0.199. The molecule has 0 heterocycles. The first kappa shape index (κ1) is 17.2. The highest BCUT2D eigenvalue weighted by molar-refractivity contribution is 7.80. The van der Waals surface area contributed by atoms with Crippen LogP contribution in [0.5, 0.6) is 0 Å². The van der Waals surface area contributed by atoms with Crippen molar-refractivity contribution >= 4 is 29.1 Å². The molecule has 116 valence electrons. The largest absolute Gasteiger partial charge is 0.444 e. The third kappa shape index (κ3) is 5.99. The lowest BCUT2D eigenvalue weighted by molar-refractivity contribution is 0.0470. The zero-order valence-electron chi connectivity index (χ0n) is 13.1. The van der Waals surface area contributed by atoms with Crippen LogP contribution in [-0.4, -0.2) is 16.8 Å². The molecular weight excluding hydrogens is 286 g/mol. The van der Waals surface area contributed by atoms with Crippen LogP contribution in [0, 0.1) is 0 Å². The van der Waals surface area contributed by atoms with Gasteiger partial charge in [-0.15, -0.1) is 0 Å². The number of hydrogen-bond donors (Lipinski definition) is 3. The molecule has 5 nitrogen and oxygen atoms in total. The van der Waals surface area contributed by atoms with Crippen molar-refractivity contribution in [3.63, 3.8) is 0 Å². The fourth-order valence-corrected chi connectivity index (χ4v) is 1.88. The molecule has 0 aliphatic rings. The fourth-order valence-electron chi connectivity index (χ4n) is 1.76. The van der Waals surface area contributed by atoms with E-state index in [9.17, 15) is 4.79 Å². The van der Waals surface area contributed by atoms with Gasteiger partial charge >= 0.3 is 6.09 Å². The van der Waals surface area contributed by atoms with Crippen LogP contribution in [0.15, 0.2) is 24.3 Å². The number of nitrogens with two attached hydrogens (primary N) is 1. The van der Waals surface area contributed by atoms with Gasteiger partial charge in [0.05, 0.1) is 5.54 Å². The van der Waals surface area contributed by atoms with Crippen LogP contribution < -0.4 is 16.4 Å². The summed E-state index contributed by atoms with van der Waals surface area (Å²) in [4.78, 5) is 11.9. The summed E-state index contributed by atoms with van der Waals surface area (Å²) in [5.74, 6) is 0. The second-order valence-corrected chi connectivity index (χ2v) is 6.76. The predicted molar refractivity (Wildman–Crippen MR) is 89.2 cm³/mol. The van der Waals surface area contributed by atoms with E-state index >= 15 is 0 Å². The molecule has 1 aromatic carbocycles. The Hall–Kier alpha value is -1.82. The van der Waals surface area contributed by atoms with Crippen molar-refractivity contribution in [2.75, 3.05) is 5.32 Å². The van der Waals surface area contributed by atoms with Gasteiger partial charge in [-0.25, -0.2) is 4.79 Å². The number of ether oxygens (including phenoxy) is 1. The Kier molecular flexibility index (Phi) is 5.17. The molecule has 0 aliphatic heterocycles. The molecule has 21 heavy (non-hydrogen) atoms. The Bertz CT molecular complexity index is 536. The lowest BCUT2D eigenvalue weighted by atomic mass is 9.94. The Labute approximate surface area is 131 Å². The third-order valence-electron chi connectivity index (χ3n) is 2.67. The second-order valence-electron chi connectivity index (χ2n) is 6.32. The smallest absolute Gasteiger partial charge is 0.408 e. The summed E-state index contributed by atoms with van der Waals surface area (Å²) in [6, 6.07) is 7.53. The van der Waals surface area contributed by atoms with Crippen molar-refractivity contribution in [1.82, 2.24) is 5.32 Å². The van der Waals surface area contributed by atoms with Gasteiger partial charge in [0, 0.05) is 5.69 Å². The van der Waals surface area contributed by atoms with E-state index in [4.69, 9.17) is 22.7 Å². The number of hydrogen-bond acceptors (Lipinski definition) is 3. The van der Waals surface area contributed by atoms with Crippen molar-refractivity contribution < 1.29 is 9.53 Å². The summed E-state index contributed by atoms with van der Waals surface area (Å²) in [5, 5.41) is 5.93. The summed E-state index contributed by atoms with van der Waals surface area (Å²) in [6.07, 6.45) is -0.458. The molecule has 0 unspecified atom stereocenters. The monoisotopic (exact) mass is 309 g/mol. The van der Waals surface area contributed by atoms with E-state index in [0.717, 1.165) is 11.3 Å². The van der Waals surface area contributed by atoms with Gasteiger partial charge in [-0.05, 0) is 64.5 Å². The summed E-state index contributed by atoms with van der Waals surface area (Å²) in [7, 11) is 0. The SMILES string of the molecule is CC(C)(C)OC(=O)NC(C)(C)c1cccc(NC(N)=S)c1. The van der Waals surface area contributed by atoms with Gasteiger partial charge in [-0.1, -0.05) is 12.1 Å². The molecule has 1 rings (SSSR count). The summed E-state index contributed by atoms with van der Waals surface area (Å²) >= 11 is 4.82. The maximum Gasteiger partial charge on any atom is 0.408 e. The standard InChI is InChI=1S/C15H23N3O2S/c1-14(2,3)20-13(19)18-15(4,5)10-7-6-8-11(9-10)17-12(16)21/h6-9H,1-5H3,(H,18,19)(H3,16,17,21). The zero-order chi connectivity index (χ0) is 16.3. The highest BCUT2D eigenvalue weighted by atomic mass is 32.1. The number of rotatable bonds is 3. The first-order valence-electron chi connectivity index (χ1n) is 6.68. The molecule has 0 aliphatic carbocycles.